The summed E-state index contributed by atoms with van der Waals surface area (Å²) in [6.45, 7) is 6.24. The van der Waals surface area contributed by atoms with Crippen molar-refractivity contribution in [3.8, 4) is 11.1 Å². The summed E-state index contributed by atoms with van der Waals surface area (Å²) >= 11 is 0. The highest BCUT2D eigenvalue weighted by Gasteiger charge is 2.22. The van der Waals surface area contributed by atoms with Gasteiger partial charge >= 0.3 is 5.97 Å². The molecule has 0 aromatic heterocycles. The second-order valence-electron chi connectivity index (χ2n) is 7.33. The molecule has 2 aromatic carbocycles. The molecule has 0 unspecified atom stereocenters. The number of benzene rings is 2. The molecular formula is C23H26F2N2O4. The van der Waals surface area contributed by atoms with Crippen LogP contribution < -0.4 is 10.6 Å². The summed E-state index contributed by atoms with van der Waals surface area (Å²) in [5, 5.41) is 14.0. The number of nitrogens with one attached hydrogen (secondary N) is 2. The van der Waals surface area contributed by atoms with Crippen LogP contribution in [0, 0.1) is 25.5 Å². The van der Waals surface area contributed by atoms with Gasteiger partial charge in [-0.3, -0.25) is 9.59 Å². The molecule has 0 atom stereocenters. The molecule has 8 heteroatoms. The summed E-state index contributed by atoms with van der Waals surface area (Å²) in [5.74, 6) is -3.74. The zero-order valence-electron chi connectivity index (χ0n) is 18.1. The van der Waals surface area contributed by atoms with E-state index in [4.69, 9.17) is 9.84 Å². The van der Waals surface area contributed by atoms with Crippen molar-refractivity contribution in [1.82, 2.24) is 5.32 Å². The van der Waals surface area contributed by atoms with Gasteiger partial charge in [0.1, 0.15) is 18.2 Å². The first-order valence-electron chi connectivity index (χ1n) is 9.67. The predicted octanol–water partition coefficient (Wildman–Crippen LogP) is 4.26. The minimum atomic E-state index is -1.24. The van der Waals surface area contributed by atoms with Crippen LogP contribution in [0.25, 0.3) is 17.2 Å². The average molecular weight is 432 g/mol. The number of halogens is 2. The van der Waals surface area contributed by atoms with Crippen LogP contribution in [0.15, 0.2) is 30.0 Å². The van der Waals surface area contributed by atoms with Crippen LogP contribution in [0.4, 0.5) is 14.5 Å². The molecule has 0 bridgehead atoms. The molecule has 31 heavy (non-hydrogen) atoms. The SMILES string of the molecule is COC(=Cc1c(C)c(F)c(-c2ccc(NC(C)C)cc2)c(C)c1F)C(=O)NCC(=O)O. The molecule has 0 heterocycles. The van der Waals surface area contributed by atoms with Crippen molar-refractivity contribution < 1.29 is 28.2 Å². The van der Waals surface area contributed by atoms with Gasteiger partial charge in [-0.05, 0) is 62.6 Å². The Bertz CT molecular complexity index is 986. The van der Waals surface area contributed by atoms with Gasteiger partial charge in [-0.1, -0.05) is 12.1 Å². The van der Waals surface area contributed by atoms with E-state index in [1.807, 2.05) is 13.8 Å². The van der Waals surface area contributed by atoms with Crippen LogP contribution in [0.3, 0.4) is 0 Å². The summed E-state index contributed by atoms with van der Waals surface area (Å²) in [7, 11) is 1.18. The lowest BCUT2D eigenvalue weighted by Crippen LogP contribution is -2.30. The zero-order chi connectivity index (χ0) is 23.3. The maximum atomic E-state index is 15.3. The van der Waals surface area contributed by atoms with Crippen LogP contribution in [-0.2, 0) is 14.3 Å². The van der Waals surface area contributed by atoms with E-state index in [-0.39, 0.29) is 34.1 Å². The lowest BCUT2D eigenvalue weighted by molar-refractivity contribution is -0.137. The first-order valence-corrected chi connectivity index (χ1v) is 9.67. The van der Waals surface area contributed by atoms with Gasteiger partial charge in [-0.2, -0.15) is 0 Å². The lowest BCUT2D eigenvalue weighted by atomic mass is 9.92. The first-order chi connectivity index (χ1) is 14.6. The molecule has 0 saturated heterocycles. The van der Waals surface area contributed by atoms with Gasteiger partial charge < -0.3 is 20.5 Å². The van der Waals surface area contributed by atoms with Crippen molar-refractivity contribution in [2.75, 3.05) is 19.0 Å². The van der Waals surface area contributed by atoms with Crippen LogP contribution in [0.2, 0.25) is 0 Å². The summed E-state index contributed by atoms with van der Waals surface area (Å²) in [4.78, 5) is 22.7. The molecular weight excluding hydrogens is 406 g/mol. The molecule has 0 aliphatic heterocycles. The number of ether oxygens (including phenoxy) is 1. The van der Waals surface area contributed by atoms with Gasteiger partial charge in [-0.25, -0.2) is 8.78 Å². The van der Waals surface area contributed by atoms with Crippen LogP contribution in [-0.4, -0.2) is 36.7 Å². The number of carbonyl (C=O) groups excluding carboxylic acids is 1. The van der Waals surface area contributed by atoms with Crippen molar-refractivity contribution in [3.05, 3.63) is 58.3 Å². The van der Waals surface area contributed by atoms with Crippen molar-refractivity contribution in [1.29, 1.82) is 0 Å². The molecule has 6 nitrogen and oxygen atoms in total. The monoisotopic (exact) mass is 432 g/mol. The fourth-order valence-electron chi connectivity index (χ4n) is 3.12. The lowest BCUT2D eigenvalue weighted by Gasteiger charge is -2.16. The van der Waals surface area contributed by atoms with E-state index in [1.54, 1.807) is 24.3 Å². The quantitative estimate of drug-likeness (QED) is 0.429. The Morgan fingerprint density at radius 3 is 2.23 bits per heavy atom. The molecule has 0 spiro atoms. The van der Waals surface area contributed by atoms with Crippen LogP contribution in [0.1, 0.15) is 30.5 Å². The molecule has 166 valence electrons. The molecule has 2 aromatic rings. The Labute approximate surface area is 179 Å². The molecule has 1 amide bonds. The molecule has 0 aliphatic carbocycles. The highest BCUT2D eigenvalue weighted by molar-refractivity contribution is 5.97. The topological polar surface area (TPSA) is 87.7 Å². The first kappa shape index (κ1) is 23.9. The zero-order valence-corrected chi connectivity index (χ0v) is 18.1. The van der Waals surface area contributed by atoms with E-state index in [2.05, 4.69) is 10.6 Å². The van der Waals surface area contributed by atoms with Gasteiger partial charge in [0.2, 0.25) is 0 Å². The van der Waals surface area contributed by atoms with Gasteiger partial charge in [0.05, 0.1) is 7.11 Å². The van der Waals surface area contributed by atoms with Crippen molar-refractivity contribution in [2.45, 2.75) is 33.7 Å². The third-order valence-corrected chi connectivity index (χ3v) is 4.64. The summed E-state index contributed by atoms with van der Waals surface area (Å²) in [6.07, 6.45) is 1.07. The van der Waals surface area contributed by atoms with Crippen molar-refractivity contribution in [2.24, 2.45) is 0 Å². The molecule has 0 fully saturated rings. The molecule has 0 saturated carbocycles. The molecule has 0 radical (unpaired) electrons. The fourth-order valence-corrected chi connectivity index (χ4v) is 3.12. The number of methoxy groups -OCH3 is 1. The van der Waals surface area contributed by atoms with Crippen LogP contribution in [0.5, 0.6) is 0 Å². The van der Waals surface area contributed by atoms with E-state index in [0.717, 1.165) is 11.8 Å². The predicted molar refractivity (Wildman–Crippen MR) is 116 cm³/mol. The maximum Gasteiger partial charge on any atom is 0.322 e. The minimum Gasteiger partial charge on any atom is -0.491 e. The van der Waals surface area contributed by atoms with E-state index in [0.29, 0.717) is 5.56 Å². The van der Waals surface area contributed by atoms with Crippen molar-refractivity contribution in [3.63, 3.8) is 0 Å². The Morgan fingerprint density at radius 1 is 1.10 bits per heavy atom. The second kappa shape index (κ2) is 10.1. The number of aliphatic carboxylic acids is 1. The number of rotatable bonds is 8. The smallest absolute Gasteiger partial charge is 0.322 e. The van der Waals surface area contributed by atoms with Gasteiger partial charge in [-0.15, -0.1) is 0 Å². The molecule has 3 N–H and O–H groups in total. The number of hydrogen-bond acceptors (Lipinski definition) is 4. The van der Waals surface area contributed by atoms with E-state index >= 15 is 8.78 Å². The third-order valence-electron chi connectivity index (χ3n) is 4.64. The van der Waals surface area contributed by atoms with Crippen LogP contribution >= 0.6 is 0 Å². The fraction of sp³-hybridized carbons (Fsp3) is 0.304. The largest absolute Gasteiger partial charge is 0.491 e. The minimum absolute atomic E-state index is 0.00284. The number of anilines is 1. The highest BCUT2D eigenvalue weighted by atomic mass is 19.1. The summed E-state index contributed by atoms with van der Waals surface area (Å²) in [5.41, 5.74) is 1.47. The Morgan fingerprint density at radius 2 is 1.71 bits per heavy atom. The highest BCUT2D eigenvalue weighted by Crippen LogP contribution is 2.34. The van der Waals surface area contributed by atoms with Gasteiger partial charge in [0.15, 0.2) is 5.76 Å². The number of amides is 1. The van der Waals surface area contributed by atoms with Gasteiger partial charge in [0, 0.05) is 22.9 Å². The third kappa shape index (κ3) is 5.59. The number of carbonyl (C=O) groups is 2. The van der Waals surface area contributed by atoms with Gasteiger partial charge in [0.25, 0.3) is 5.91 Å². The van der Waals surface area contributed by atoms with Crippen molar-refractivity contribution >= 4 is 23.6 Å². The summed E-state index contributed by atoms with van der Waals surface area (Å²) in [6, 6.07) is 7.25. The Balaban J connectivity index is 2.50. The Hall–Kier alpha value is -3.42. The standard InChI is InChI=1S/C23H26F2N2O4/c1-12(2)27-16-8-6-15(7-9-16)20-14(4)21(24)17(13(3)22(20)25)10-18(31-5)23(30)26-11-19(28)29/h6-10,12,27H,11H2,1-5H3,(H,26,30)(H,28,29). The average Bonchev–Trinajstić information content (AvgIpc) is 2.71. The second-order valence-corrected chi connectivity index (χ2v) is 7.33. The number of hydrogen-bond donors (Lipinski definition) is 3. The molecule has 0 aliphatic rings. The van der Waals surface area contributed by atoms with E-state index in [9.17, 15) is 9.59 Å². The normalized spacial score (nSPS) is 11.4. The number of carboxylic acid groups (broad SMARTS) is 1. The summed E-state index contributed by atoms with van der Waals surface area (Å²) < 4.78 is 35.4. The Kier molecular flexibility index (Phi) is 7.74. The van der Waals surface area contributed by atoms with E-state index < -0.39 is 30.1 Å². The molecule has 2 rings (SSSR count). The number of carboxylic acids is 1. The van der Waals surface area contributed by atoms with E-state index in [1.165, 1.54) is 21.0 Å². The maximum absolute atomic E-state index is 15.3.